The van der Waals surface area contributed by atoms with Gasteiger partial charge in [-0.1, -0.05) is 24.3 Å². The minimum atomic E-state index is -3.85. The van der Waals surface area contributed by atoms with E-state index >= 15 is 0 Å². The van der Waals surface area contributed by atoms with Gasteiger partial charge < -0.3 is 14.2 Å². The van der Waals surface area contributed by atoms with Gasteiger partial charge in [0.2, 0.25) is 10.0 Å². The molecule has 0 saturated heterocycles. The molecule has 0 fully saturated rings. The van der Waals surface area contributed by atoms with Gasteiger partial charge in [0, 0.05) is 19.3 Å². The van der Waals surface area contributed by atoms with Gasteiger partial charge in [-0.2, -0.15) is 4.31 Å². The van der Waals surface area contributed by atoms with Crippen molar-refractivity contribution in [3.63, 3.8) is 0 Å². The van der Waals surface area contributed by atoms with Gasteiger partial charge >= 0.3 is 0 Å². The molecule has 0 unspecified atom stereocenters. The highest BCUT2D eigenvalue weighted by molar-refractivity contribution is 7.89. The Morgan fingerprint density at radius 1 is 0.806 bits per heavy atom. The third-order valence-corrected chi connectivity index (χ3v) is 7.97. The third-order valence-electron chi connectivity index (χ3n) is 5.80. The van der Waals surface area contributed by atoms with Crippen molar-refractivity contribution < 1.29 is 22.6 Å². The minimum absolute atomic E-state index is 0.191. The molecule has 8 nitrogen and oxygen atoms in total. The Morgan fingerprint density at radius 2 is 1.31 bits per heavy atom. The molecule has 3 aromatic rings. The van der Waals surface area contributed by atoms with Crippen LogP contribution in [0.15, 0.2) is 60.9 Å². The number of nitrogens with zero attached hydrogens (tertiary/aromatic N) is 3. The average molecular weight is 514 g/mol. The number of hydrogen-bond acceptors (Lipinski definition) is 7. The molecule has 0 aliphatic carbocycles. The molecule has 3 rings (SSSR count). The molecule has 0 bridgehead atoms. The van der Waals surface area contributed by atoms with Gasteiger partial charge in [0.05, 0.1) is 37.9 Å². The molecule has 0 aliphatic rings. The quantitative estimate of drug-likeness (QED) is 0.347. The highest BCUT2D eigenvalue weighted by Gasteiger charge is 2.37. The fraction of sp³-hybridized carbons (Fsp3) is 0.407. The summed E-state index contributed by atoms with van der Waals surface area (Å²) in [5.74, 6) is 1.42. The summed E-state index contributed by atoms with van der Waals surface area (Å²) in [5, 5.41) is -0.909. The van der Waals surface area contributed by atoms with Crippen molar-refractivity contribution in [2.24, 2.45) is 0 Å². The number of ether oxygens (including phenoxy) is 3. The van der Waals surface area contributed by atoms with Crippen LogP contribution in [-0.4, -0.2) is 48.3 Å². The first kappa shape index (κ1) is 27.6. The SMILES string of the molecule is COc1ccc(CN(Cc2ccc(OC)cc2)S(=O)(=O)[C@@H](C)[C@@H](OC(C)C)c2cnc(C)cn2)cc1. The lowest BCUT2D eigenvalue weighted by molar-refractivity contribution is 0.00297. The molecular weight excluding hydrogens is 478 g/mol. The lowest BCUT2D eigenvalue weighted by Crippen LogP contribution is -2.41. The predicted molar refractivity (Wildman–Crippen MR) is 139 cm³/mol. The van der Waals surface area contributed by atoms with Crippen molar-refractivity contribution in [1.82, 2.24) is 14.3 Å². The fourth-order valence-electron chi connectivity index (χ4n) is 3.76. The molecule has 9 heteroatoms. The second-order valence-electron chi connectivity index (χ2n) is 8.90. The number of aryl methyl sites for hydroxylation is 1. The molecule has 0 saturated carbocycles. The molecule has 0 amide bonds. The summed E-state index contributed by atoms with van der Waals surface area (Å²) < 4.78 is 46.3. The van der Waals surface area contributed by atoms with Crippen molar-refractivity contribution in [1.29, 1.82) is 0 Å². The normalized spacial score (nSPS) is 13.6. The Morgan fingerprint density at radius 3 is 1.69 bits per heavy atom. The maximum Gasteiger partial charge on any atom is 0.220 e. The van der Waals surface area contributed by atoms with E-state index < -0.39 is 21.4 Å². The standard InChI is InChI=1S/C27H35N3O5S/c1-19(2)35-27(26-16-28-20(3)15-29-26)21(4)36(31,32)30(17-22-7-11-24(33-5)12-8-22)18-23-9-13-25(34-6)14-10-23/h7-16,19,21,27H,17-18H2,1-6H3/t21-,27+/m0/s1. The predicted octanol–water partition coefficient (Wildman–Crippen LogP) is 4.69. The first-order chi connectivity index (χ1) is 17.1. The first-order valence-corrected chi connectivity index (χ1v) is 13.3. The van der Waals surface area contributed by atoms with Gasteiger partial charge in [-0.05, 0) is 63.1 Å². The van der Waals surface area contributed by atoms with Gasteiger partial charge in [-0.15, -0.1) is 0 Å². The fourth-order valence-corrected chi connectivity index (χ4v) is 5.40. The largest absolute Gasteiger partial charge is 0.497 e. The van der Waals surface area contributed by atoms with E-state index in [1.807, 2.05) is 69.3 Å². The molecule has 1 aromatic heterocycles. The van der Waals surface area contributed by atoms with E-state index in [0.29, 0.717) is 17.2 Å². The van der Waals surface area contributed by atoms with Gasteiger partial charge in [-0.3, -0.25) is 9.97 Å². The molecule has 1 heterocycles. The van der Waals surface area contributed by atoms with Crippen molar-refractivity contribution in [3.8, 4) is 11.5 Å². The van der Waals surface area contributed by atoms with Crippen molar-refractivity contribution in [2.45, 2.75) is 58.2 Å². The smallest absolute Gasteiger partial charge is 0.220 e. The van der Waals surface area contributed by atoms with E-state index in [-0.39, 0.29) is 19.2 Å². The van der Waals surface area contributed by atoms with Crippen LogP contribution in [0.25, 0.3) is 0 Å². The summed E-state index contributed by atoms with van der Waals surface area (Å²) in [7, 11) is -0.660. The molecule has 0 radical (unpaired) electrons. The number of benzene rings is 2. The monoisotopic (exact) mass is 513 g/mol. The van der Waals surface area contributed by atoms with E-state index in [2.05, 4.69) is 9.97 Å². The Balaban J connectivity index is 1.98. The molecule has 194 valence electrons. The summed E-state index contributed by atoms with van der Waals surface area (Å²) in [6, 6.07) is 14.8. The second kappa shape index (κ2) is 12.3. The lowest BCUT2D eigenvalue weighted by Gasteiger charge is -2.31. The van der Waals surface area contributed by atoms with Crippen LogP contribution in [-0.2, 0) is 27.8 Å². The summed E-state index contributed by atoms with van der Waals surface area (Å²) in [4.78, 5) is 8.74. The average Bonchev–Trinajstić information content (AvgIpc) is 2.87. The maximum atomic E-state index is 14.1. The Bertz CT molecular complexity index is 1150. The van der Waals surface area contributed by atoms with Crippen LogP contribution in [0.3, 0.4) is 0 Å². The van der Waals surface area contributed by atoms with Crippen LogP contribution in [0, 0.1) is 6.92 Å². The molecule has 0 N–H and O–H groups in total. The molecule has 0 aliphatic heterocycles. The van der Waals surface area contributed by atoms with E-state index in [1.165, 1.54) is 4.31 Å². The summed E-state index contributed by atoms with van der Waals surface area (Å²) in [6.45, 7) is 7.63. The highest BCUT2D eigenvalue weighted by Crippen LogP contribution is 2.30. The highest BCUT2D eigenvalue weighted by atomic mass is 32.2. The van der Waals surface area contributed by atoms with Crippen molar-refractivity contribution >= 4 is 10.0 Å². The van der Waals surface area contributed by atoms with E-state index in [1.54, 1.807) is 33.5 Å². The number of methoxy groups -OCH3 is 2. The van der Waals surface area contributed by atoms with Crippen LogP contribution < -0.4 is 9.47 Å². The van der Waals surface area contributed by atoms with Crippen LogP contribution in [0.1, 0.15) is 49.4 Å². The zero-order chi connectivity index (χ0) is 26.3. The Labute approximate surface area is 214 Å². The van der Waals surface area contributed by atoms with Gasteiger partial charge in [-0.25, -0.2) is 8.42 Å². The second-order valence-corrected chi connectivity index (χ2v) is 11.2. The Hall–Kier alpha value is -3.01. The first-order valence-electron chi connectivity index (χ1n) is 11.8. The molecular formula is C27H35N3O5S. The van der Waals surface area contributed by atoms with Gasteiger partial charge in [0.25, 0.3) is 0 Å². The van der Waals surface area contributed by atoms with Crippen LogP contribution in [0.4, 0.5) is 0 Å². The van der Waals surface area contributed by atoms with E-state index in [4.69, 9.17) is 14.2 Å². The van der Waals surface area contributed by atoms with Crippen molar-refractivity contribution in [3.05, 3.63) is 83.4 Å². The van der Waals surface area contributed by atoms with Gasteiger partial charge in [0.1, 0.15) is 22.9 Å². The number of aromatic nitrogens is 2. The molecule has 2 atom stereocenters. The third kappa shape index (κ3) is 7.02. The number of rotatable bonds is 12. The zero-order valence-electron chi connectivity index (χ0n) is 21.7. The van der Waals surface area contributed by atoms with Crippen molar-refractivity contribution in [2.75, 3.05) is 14.2 Å². The molecule has 2 aromatic carbocycles. The summed E-state index contributed by atoms with van der Waals surface area (Å²) in [6.07, 6.45) is 2.23. The molecule has 0 spiro atoms. The maximum absolute atomic E-state index is 14.1. The topological polar surface area (TPSA) is 90.9 Å². The number of hydrogen-bond donors (Lipinski definition) is 0. The van der Waals surface area contributed by atoms with Crippen LogP contribution in [0.5, 0.6) is 11.5 Å². The summed E-state index contributed by atoms with van der Waals surface area (Å²) in [5.41, 5.74) is 2.92. The van der Waals surface area contributed by atoms with Crippen LogP contribution >= 0.6 is 0 Å². The summed E-state index contributed by atoms with van der Waals surface area (Å²) >= 11 is 0. The minimum Gasteiger partial charge on any atom is -0.497 e. The molecule has 36 heavy (non-hydrogen) atoms. The number of sulfonamides is 1. The Kier molecular flexibility index (Phi) is 9.42. The van der Waals surface area contributed by atoms with Gasteiger partial charge in [0.15, 0.2) is 0 Å². The van der Waals surface area contributed by atoms with E-state index in [9.17, 15) is 8.42 Å². The van der Waals surface area contributed by atoms with Crippen LogP contribution in [0.2, 0.25) is 0 Å². The van der Waals surface area contributed by atoms with E-state index in [0.717, 1.165) is 16.8 Å². The lowest BCUT2D eigenvalue weighted by atomic mass is 10.2. The zero-order valence-corrected chi connectivity index (χ0v) is 22.5.